The molecule has 0 spiro atoms. The molecule has 18 heteroatoms. The van der Waals surface area contributed by atoms with Gasteiger partial charge >= 0.3 is 47.8 Å². The van der Waals surface area contributed by atoms with E-state index in [2.05, 4.69) is 13.2 Å². The molecule has 0 saturated heterocycles. The van der Waals surface area contributed by atoms with Crippen LogP contribution in [0.2, 0.25) is 0 Å². The van der Waals surface area contributed by atoms with E-state index >= 15 is 0 Å². The van der Waals surface area contributed by atoms with Gasteiger partial charge in [-0.2, -0.15) is 0 Å². The van der Waals surface area contributed by atoms with E-state index in [1.807, 2.05) is 0 Å². The Hall–Kier alpha value is -8.28. The Bertz CT molecular complexity index is 2520. The van der Waals surface area contributed by atoms with Gasteiger partial charge in [-0.3, -0.25) is 9.59 Å². The van der Waals surface area contributed by atoms with E-state index in [4.69, 9.17) is 47.4 Å². The summed E-state index contributed by atoms with van der Waals surface area (Å²) in [6.07, 6.45) is 5.71. The van der Waals surface area contributed by atoms with Crippen LogP contribution in [-0.4, -0.2) is 88.4 Å². The maximum Gasteiger partial charge on any atom is 0.344 e. The highest BCUT2D eigenvalue weighted by Crippen LogP contribution is 2.33. The molecule has 4 aromatic rings. The summed E-state index contributed by atoms with van der Waals surface area (Å²) in [6.45, 7) is 7.74. The Labute approximate surface area is 403 Å². The number of hydrogen-bond acceptors (Lipinski definition) is 18. The highest BCUT2D eigenvalue weighted by molar-refractivity contribution is 6.04. The molecule has 0 atom stereocenters. The number of carbonyl (C=O) groups excluding carboxylic acids is 8. The molecule has 0 aromatic heterocycles. The van der Waals surface area contributed by atoms with Crippen molar-refractivity contribution in [3.8, 4) is 34.5 Å². The largest absolute Gasteiger partial charge is 0.494 e. The summed E-state index contributed by atoms with van der Waals surface area (Å²) in [7, 11) is 2.32. The van der Waals surface area contributed by atoms with Gasteiger partial charge in [0.05, 0.1) is 69.2 Å². The molecule has 1 aliphatic rings. The van der Waals surface area contributed by atoms with Crippen LogP contribution in [0.4, 0.5) is 0 Å². The molecule has 1 fully saturated rings. The highest BCUT2D eigenvalue weighted by atomic mass is 16.6. The number of unbranched alkanes of at least 4 members (excludes halogenated alkanes) is 2. The first-order chi connectivity index (χ1) is 33.8. The fourth-order valence-electron chi connectivity index (χ4n) is 6.80. The summed E-state index contributed by atoms with van der Waals surface area (Å²) >= 11 is 0. The highest BCUT2D eigenvalue weighted by Gasteiger charge is 2.33. The van der Waals surface area contributed by atoms with Crippen LogP contribution in [0.3, 0.4) is 0 Å². The third-order valence-electron chi connectivity index (χ3n) is 10.6. The van der Waals surface area contributed by atoms with Crippen LogP contribution in [0.25, 0.3) is 0 Å². The molecule has 5 rings (SSSR count). The Balaban J connectivity index is 1.07. The average molecular weight is 965 g/mol. The standard InChI is InChI=1S/C52H52O18/c1-5-45(53)65-29-9-7-27-63-36-17-15-35(16-18-36)48(56)69-40-24-26-44(43(32-40)51(59)62-4)70-49(57)34-13-11-33(12-14-34)47(55)67-37-19-21-38(22-20-37)68-52(60)41-25-23-39(31-42(41)50(58)61-3)64-28-8-10-30-66-46(54)6-2/h5-6,15-26,31-34H,1-2,7-14,27-30H2,3-4H3. The number of esters is 8. The minimum absolute atomic E-state index is 0.00365. The third-order valence-corrected chi connectivity index (χ3v) is 10.6. The molecule has 0 heterocycles. The van der Waals surface area contributed by atoms with Crippen LogP contribution < -0.4 is 28.4 Å². The zero-order chi connectivity index (χ0) is 50.4. The van der Waals surface area contributed by atoms with Crippen molar-refractivity contribution in [1.29, 1.82) is 0 Å². The van der Waals surface area contributed by atoms with Gasteiger partial charge in [0.25, 0.3) is 0 Å². The minimum Gasteiger partial charge on any atom is -0.494 e. The Morgan fingerprint density at radius 1 is 0.457 bits per heavy atom. The van der Waals surface area contributed by atoms with E-state index in [-0.39, 0.29) is 65.1 Å². The molecule has 70 heavy (non-hydrogen) atoms. The lowest BCUT2D eigenvalue weighted by molar-refractivity contribution is -0.145. The molecule has 4 aromatic carbocycles. The minimum atomic E-state index is -0.849. The second-order valence-electron chi connectivity index (χ2n) is 15.4. The second kappa shape index (κ2) is 26.9. The Kier molecular flexibility index (Phi) is 20.2. The lowest BCUT2D eigenvalue weighted by Crippen LogP contribution is -2.30. The number of hydrogen-bond donors (Lipinski definition) is 0. The zero-order valence-corrected chi connectivity index (χ0v) is 38.6. The van der Waals surface area contributed by atoms with Gasteiger partial charge in [0.15, 0.2) is 0 Å². The lowest BCUT2D eigenvalue weighted by Gasteiger charge is -2.26. The summed E-state index contributed by atoms with van der Waals surface area (Å²) in [5.41, 5.74) is -0.102. The number of methoxy groups -OCH3 is 2. The molecule has 0 bridgehead atoms. The zero-order valence-electron chi connectivity index (χ0n) is 38.6. The van der Waals surface area contributed by atoms with Gasteiger partial charge in [0, 0.05) is 12.2 Å². The molecule has 1 saturated carbocycles. The van der Waals surface area contributed by atoms with Crippen LogP contribution in [0.1, 0.15) is 92.8 Å². The average Bonchev–Trinajstić information content (AvgIpc) is 3.38. The van der Waals surface area contributed by atoms with Gasteiger partial charge in [0.2, 0.25) is 0 Å². The SMILES string of the molecule is C=CC(=O)OCCCCOc1ccc(C(=O)Oc2ccc(OC(=O)C3CCC(C(=O)Oc4ccc(OC(=O)c5ccc(OCCCCOC(=O)C=C)cc5C(=O)OC)cc4)CC3)c(C(=O)OC)c2)cc1. The van der Waals surface area contributed by atoms with E-state index in [1.165, 1.54) is 79.9 Å². The molecule has 0 aliphatic heterocycles. The van der Waals surface area contributed by atoms with Gasteiger partial charge in [-0.1, -0.05) is 13.2 Å². The van der Waals surface area contributed by atoms with E-state index in [1.54, 1.807) is 12.1 Å². The molecule has 18 nitrogen and oxygen atoms in total. The first-order valence-electron chi connectivity index (χ1n) is 22.2. The van der Waals surface area contributed by atoms with E-state index in [0.717, 1.165) is 19.3 Å². The maximum atomic E-state index is 13.3. The molecule has 0 unspecified atom stereocenters. The van der Waals surface area contributed by atoms with Crippen molar-refractivity contribution in [3.63, 3.8) is 0 Å². The van der Waals surface area contributed by atoms with E-state index < -0.39 is 59.6 Å². The Morgan fingerprint density at radius 2 is 0.900 bits per heavy atom. The van der Waals surface area contributed by atoms with E-state index in [0.29, 0.717) is 69.5 Å². The first-order valence-corrected chi connectivity index (χ1v) is 22.2. The van der Waals surface area contributed by atoms with Crippen LogP contribution in [0.5, 0.6) is 34.5 Å². The van der Waals surface area contributed by atoms with Crippen LogP contribution in [-0.2, 0) is 38.1 Å². The predicted molar refractivity (Wildman–Crippen MR) is 247 cm³/mol. The van der Waals surface area contributed by atoms with Crippen molar-refractivity contribution in [1.82, 2.24) is 0 Å². The van der Waals surface area contributed by atoms with Gasteiger partial charge in [-0.25, -0.2) is 28.8 Å². The summed E-state index contributed by atoms with van der Waals surface area (Å²) < 4.78 is 53.2. The van der Waals surface area contributed by atoms with Gasteiger partial charge in [-0.05, 0) is 136 Å². The fraction of sp³-hybridized carbons (Fsp3) is 0.308. The third kappa shape index (κ3) is 15.9. The van der Waals surface area contributed by atoms with Crippen molar-refractivity contribution in [2.45, 2.75) is 51.4 Å². The number of carbonyl (C=O) groups is 8. The maximum absolute atomic E-state index is 13.3. The van der Waals surface area contributed by atoms with Crippen molar-refractivity contribution < 1.29 is 85.7 Å². The molecule has 0 N–H and O–H groups in total. The van der Waals surface area contributed by atoms with Gasteiger partial charge < -0.3 is 47.4 Å². The molecule has 1 aliphatic carbocycles. The van der Waals surface area contributed by atoms with Crippen molar-refractivity contribution >= 4 is 47.8 Å². The molecular formula is C52H52O18. The second-order valence-corrected chi connectivity index (χ2v) is 15.4. The molecule has 0 radical (unpaired) electrons. The van der Waals surface area contributed by atoms with E-state index in [9.17, 15) is 38.4 Å². The topological polar surface area (TPSA) is 229 Å². The lowest BCUT2D eigenvalue weighted by atomic mass is 9.82. The van der Waals surface area contributed by atoms with Crippen LogP contribution >= 0.6 is 0 Å². The van der Waals surface area contributed by atoms with Crippen molar-refractivity contribution in [3.05, 3.63) is 132 Å². The number of benzene rings is 4. The summed E-state index contributed by atoms with van der Waals surface area (Å²) in [4.78, 5) is 100. The van der Waals surface area contributed by atoms with Crippen LogP contribution in [0, 0.1) is 11.8 Å². The molecule has 0 amide bonds. The normalized spacial score (nSPS) is 13.8. The molecule has 368 valence electrons. The monoisotopic (exact) mass is 964 g/mol. The first kappa shape index (κ1) is 52.7. The summed E-state index contributed by atoms with van der Waals surface area (Å²) in [5.74, 6) is -5.44. The van der Waals surface area contributed by atoms with Crippen molar-refractivity contribution in [2.24, 2.45) is 11.8 Å². The quantitative estimate of drug-likeness (QED) is 0.0214. The van der Waals surface area contributed by atoms with Crippen LogP contribution in [0.15, 0.2) is 110 Å². The summed E-state index contributed by atoms with van der Waals surface area (Å²) in [6, 6.07) is 20.1. The Morgan fingerprint density at radius 3 is 1.46 bits per heavy atom. The number of rotatable bonds is 24. The fourth-order valence-corrected chi connectivity index (χ4v) is 6.80. The van der Waals surface area contributed by atoms with Gasteiger partial charge in [-0.15, -0.1) is 0 Å². The summed E-state index contributed by atoms with van der Waals surface area (Å²) in [5, 5.41) is 0. The predicted octanol–water partition coefficient (Wildman–Crippen LogP) is 7.79. The van der Waals surface area contributed by atoms with Gasteiger partial charge in [0.1, 0.15) is 40.1 Å². The molecular weight excluding hydrogens is 913 g/mol. The number of ether oxygens (including phenoxy) is 10. The smallest absolute Gasteiger partial charge is 0.344 e. The van der Waals surface area contributed by atoms with Crippen molar-refractivity contribution in [2.75, 3.05) is 40.6 Å².